The maximum Gasteiger partial charge on any atom is 0.0943 e. The second kappa shape index (κ2) is 16.5. The fraction of sp³-hybridized carbons (Fsp3) is 1.00. The van der Waals surface area contributed by atoms with E-state index in [1.807, 2.05) is 0 Å². The van der Waals surface area contributed by atoms with Crippen molar-refractivity contribution in [1.29, 1.82) is 0 Å². The van der Waals surface area contributed by atoms with Gasteiger partial charge in [0.25, 0.3) is 0 Å². The van der Waals surface area contributed by atoms with Gasteiger partial charge in [0, 0.05) is 44.1 Å². The number of rotatable bonds is 4. The molecule has 0 aromatic rings. The molecule has 0 fully saturated rings. The summed E-state index contributed by atoms with van der Waals surface area (Å²) in [5.74, 6) is -1.25. The summed E-state index contributed by atoms with van der Waals surface area (Å²) in [4.78, 5) is 0. The maximum atomic E-state index is 9.44. The van der Waals surface area contributed by atoms with Crippen molar-refractivity contribution in [2.75, 3.05) is 23.0 Å². The maximum absolute atomic E-state index is 9.44. The zero-order valence-electron chi connectivity index (χ0n) is 13.8. The van der Waals surface area contributed by atoms with Gasteiger partial charge in [-0.2, -0.15) is 0 Å². The molecule has 0 unspecified atom stereocenters. The van der Waals surface area contributed by atoms with Crippen molar-refractivity contribution >= 4 is 40.5 Å². The van der Waals surface area contributed by atoms with Gasteiger partial charge in [-0.25, -0.2) is 33.7 Å². The average molecular weight is 620 g/mol. The normalized spacial score (nSPS) is 11.2. The molecule has 158 valence electrons. The zero-order chi connectivity index (χ0) is 20.8. The first-order valence-electron chi connectivity index (χ1n) is 5.98. The third-order valence-electron chi connectivity index (χ3n) is 1.41. The van der Waals surface area contributed by atoms with E-state index in [1.165, 1.54) is 27.7 Å². The summed E-state index contributed by atoms with van der Waals surface area (Å²) in [6, 6.07) is 0. The van der Waals surface area contributed by atoms with Crippen molar-refractivity contribution in [1.82, 2.24) is 0 Å². The fourth-order valence-electron chi connectivity index (χ4n) is 0. The second-order valence-electron chi connectivity index (χ2n) is 3.39. The molecule has 0 atom stereocenters. The van der Waals surface area contributed by atoms with E-state index in [4.69, 9.17) is 0 Å². The molecule has 0 radical (unpaired) electrons. The van der Waals surface area contributed by atoms with Crippen molar-refractivity contribution in [3.8, 4) is 0 Å². The van der Waals surface area contributed by atoms with E-state index in [2.05, 4.69) is 0 Å². The molecule has 0 bridgehead atoms. The summed E-state index contributed by atoms with van der Waals surface area (Å²) in [6.45, 7) is 5.23. The van der Waals surface area contributed by atoms with Crippen LogP contribution in [0.5, 0.6) is 0 Å². The Labute approximate surface area is 163 Å². The van der Waals surface area contributed by atoms with Gasteiger partial charge < -0.3 is 18.2 Å². The predicted octanol–water partition coefficient (Wildman–Crippen LogP) is -1.80. The standard InChI is InChI=1S/4C2H6O3S.W/c4*1-2-6(3,4)5;/h4*2H2,1H3,(H,3,4,5);/p-4. The van der Waals surface area contributed by atoms with Crippen LogP contribution in [0.4, 0.5) is 0 Å². The summed E-state index contributed by atoms with van der Waals surface area (Å²) in [6.07, 6.45) is 0. The minimum Gasteiger partial charge on any atom is -0.748 e. The van der Waals surface area contributed by atoms with Gasteiger partial charge >= 0.3 is 0 Å². The van der Waals surface area contributed by atoms with Gasteiger partial charge in [0.15, 0.2) is 0 Å². The van der Waals surface area contributed by atoms with Gasteiger partial charge in [0.1, 0.15) is 0 Å². The first-order chi connectivity index (χ1) is 10.2. The van der Waals surface area contributed by atoms with Crippen molar-refractivity contribution in [2.45, 2.75) is 27.7 Å². The first kappa shape index (κ1) is 36.3. The molecule has 0 aliphatic rings. The third kappa shape index (κ3) is 79.8. The van der Waals surface area contributed by atoms with E-state index < -0.39 is 40.5 Å². The van der Waals surface area contributed by atoms with Crippen LogP contribution in [0.15, 0.2) is 0 Å². The van der Waals surface area contributed by atoms with Crippen LogP contribution in [-0.2, 0) is 61.5 Å². The van der Waals surface area contributed by atoms with E-state index in [0.29, 0.717) is 0 Å². The predicted molar refractivity (Wildman–Crippen MR) is 81.0 cm³/mol. The third-order valence-corrected chi connectivity index (χ3v) is 4.24. The van der Waals surface area contributed by atoms with Gasteiger partial charge in [0.05, 0.1) is 40.5 Å². The molecular weight excluding hydrogens is 600 g/mol. The number of hydrogen-bond donors (Lipinski definition) is 0. The minimum atomic E-state index is -3.91. The summed E-state index contributed by atoms with van der Waals surface area (Å²) in [5, 5.41) is 0. The summed E-state index contributed by atoms with van der Waals surface area (Å²) >= 11 is 0. The van der Waals surface area contributed by atoms with Crippen LogP contribution in [0.25, 0.3) is 0 Å². The monoisotopic (exact) mass is 620 g/mol. The summed E-state index contributed by atoms with van der Waals surface area (Å²) in [7, 11) is -15.6. The Bertz CT molecular complexity index is 577. The molecule has 17 heteroatoms. The molecule has 0 spiro atoms. The van der Waals surface area contributed by atoms with Crippen molar-refractivity contribution in [3.05, 3.63) is 0 Å². The van der Waals surface area contributed by atoms with E-state index in [0.717, 1.165) is 0 Å². The second-order valence-corrected chi connectivity index (χ2v) is 10.2. The smallest absolute Gasteiger partial charge is 0.0943 e. The first-order valence-corrected chi connectivity index (χ1v) is 12.3. The van der Waals surface area contributed by atoms with Crippen LogP contribution < -0.4 is 0 Å². The molecule has 0 aromatic heterocycles. The largest absolute Gasteiger partial charge is 0.748 e. The molecule has 0 rings (SSSR count). The Morgan fingerprint density at radius 1 is 0.440 bits per heavy atom. The van der Waals surface area contributed by atoms with E-state index in [-0.39, 0.29) is 44.1 Å². The Hall–Kier alpha value is 0.328. The van der Waals surface area contributed by atoms with Crippen LogP contribution >= 0.6 is 0 Å². The molecule has 0 amide bonds. The number of hydrogen-bond acceptors (Lipinski definition) is 12. The van der Waals surface area contributed by atoms with Crippen LogP contribution in [0.1, 0.15) is 27.7 Å². The van der Waals surface area contributed by atoms with Crippen LogP contribution in [-0.4, -0.2) is 74.9 Å². The van der Waals surface area contributed by atoms with Gasteiger partial charge in [-0.15, -0.1) is 0 Å². The molecule has 0 N–H and O–H groups in total. The van der Waals surface area contributed by atoms with E-state index >= 15 is 0 Å². The van der Waals surface area contributed by atoms with Crippen molar-refractivity contribution in [3.63, 3.8) is 0 Å². The van der Waals surface area contributed by atoms with E-state index in [9.17, 15) is 51.9 Å². The van der Waals surface area contributed by atoms with Crippen molar-refractivity contribution in [2.24, 2.45) is 0 Å². The van der Waals surface area contributed by atoms with Gasteiger partial charge in [0.2, 0.25) is 0 Å². The van der Waals surface area contributed by atoms with Gasteiger partial charge in [-0.05, 0) is 0 Å². The van der Waals surface area contributed by atoms with Crippen LogP contribution in [0.2, 0.25) is 0 Å². The Morgan fingerprint density at radius 2 is 0.480 bits per heavy atom. The average Bonchev–Trinajstić information content (AvgIpc) is 2.37. The topological polar surface area (TPSA) is 229 Å². The molecular formula is C8H20O12S4W-4. The molecule has 0 saturated carbocycles. The molecule has 0 heterocycles. The van der Waals surface area contributed by atoms with Crippen LogP contribution in [0, 0.1) is 0 Å². The Kier molecular flexibility index (Phi) is 23.9. The van der Waals surface area contributed by atoms with Crippen LogP contribution in [0.3, 0.4) is 0 Å². The minimum absolute atomic E-state index is 0. The SMILES string of the molecule is CCS(=O)(=O)[O-].CCS(=O)(=O)[O-].CCS(=O)(=O)[O-].CCS(=O)(=O)[O-].[W]. The zero-order valence-corrected chi connectivity index (χ0v) is 20.0. The quantitative estimate of drug-likeness (QED) is 0.317. The Balaban J connectivity index is -0.0000000702. The molecule has 0 aliphatic carbocycles. The van der Waals surface area contributed by atoms with Gasteiger partial charge in [-0.1, -0.05) is 27.7 Å². The van der Waals surface area contributed by atoms with E-state index in [1.54, 1.807) is 0 Å². The summed E-state index contributed by atoms with van der Waals surface area (Å²) in [5.41, 5.74) is 0. The molecule has 0 saturated heterocycles. The molecule has 12 nitrogen and oxygen atoms in total. The van der Waals surface area contributed by atoms with Gasteiger partial charge in [-0.3, -0.25) is 0 Å². The Morgan fingerprint density at radius 3 is 0.480 bits per heavy atom. The van der Waals surface area contributed by atoms with Crippen molar-refractivity contribution < 1.29 is 72.9 Å². The fourth-order valence-corrected chi connectivity index (χ4v) is 0. The summed E-state index contributed by atoms with van der Waals surface area (Å²) < 4.78 is 113. The molecule has 0 aromatic carbocycles. The molecule has 25 heavy (non-hydrogen) atoms. The molecule has 0 aliphatic heterocycles.